The molecule has 1 saturated heterocycles. The summed E-state index contributed by atoms with van der Waals surface area (Å²) in [6.45, 7) is 3.87. The Labute approximate surface area is 125 Å². The minimum absolute atomic E-state index is 0.0465. The number of carboxylic acids is 1. The summed E-state index contributed by atoms with van der Waals surface area (Å²) in [6, 6.07) is 7.69. The molecule has 0 bridgehead atoms. The van der Waals surface area contributed by atoms with Gasteiger partial charge >= 0.3 is 5.97 Å². The molecule has 0 saturated carbocycles. The standard InChI is InChI=1S/C16H22N2O3/c1-12-4-6-14(7-5-12)17-15(19)11-18-8-2-3-13(10-18)9-16(20)21/h4-7,13H,2-3,8-11H2,1H3,(H,17,19)(H,20,21). The summed E-state index contributed by atoms with van der Waals surface area (Å²) in [5.74, 6) is -0.649. The number of rotatable bonds is 5. The average molecular weight is 290 g/mol. The molecule has 0 radical (unpaired) electrons. The number of carboxylic acid groups (broad SMARTS) is 1. The van der Waals surface area contributed by atoms with Gasteiger partial charge in [0.1, 0.15) is 0 Å². The number of hydrogen-bond acceptors (Lipinski definition) is 3. The lowest BCUT2D eigenvalue weighted by Gasteiger charge is -2.31. The number of likely N-dealkylation sites (tertiary alicyclic amines) is 1. The van der Waals surface area contributed by atoms with Crippen LogP contribution >= 0.6 is 0 Å². The molecule has 0 aromatic heterocycles. The summed E-state index contributed by atoms with van der Waals surface area (Å²) in [7, 11) is 0. The van der Waals surface area contributed by atoms with Gasteiger partial charge in [0, 0.05) is 18.7 Å². The van der Waals surface area contributed by atoms with E-state index in [2.05, 4.69) is 5.32 Å². The van der Waals surface area contributed by atoms with Crippen LogP contribution < -0.4 is 5.32 Å². The van der Waals surface area contributed by atoms with Crippen molar-refractivity contribution in [1.82, 2.24) is 4.90 Å². The van der Waals surface area contributed by atoms with Crippen LogP contribution in [0, 0.1) is 12.8 Å². The van der Waals surface area contributed by atoms with Crippen molar-refractivity contribution < 1.29 is 14.7 Å². The van der Waals surface area contributed by atoms with E-state index >= 15 is 0 Å². The summed E-state index contributed by atoms with van der Waals surface area (Å²) in [4.78, 5) is 24.8. The number of aliphatic carboxylic acids is 1. The Hall–Kier alpha value is -1.88. The van der Waals surface area contributed by atoms with Crippen LogP contribution in [0.2, 0.25) is 0 Å². The predicted molar refractivity (Wildman–Crippen MR) is 81.2 cm³/mol. The summed E-state index contributed by atoms with van der Waals surface area (Å²) >= 11 is 0. The van der Waals surface area contributed by atoms with Crippen LogP contribution in [-0.4, -0.2) is 41.5 Å². The fourth-order valence-corrected chi connectivity index (χ4v) is 2.75. The third-order valence-corrected chi connectivity index (χ3v) is 3.77. The van der Waals surface area contributed by atoms with E-state index in [0.29, 0.717) is 13.1 Å². The van der Waals surface area contributed by atoms with E-state index in [1.807, 2.05) is 36.1 Å². The van der Waals surface area contributed by atoms with Gasteiger partial charge < -0.3 is 10.4 Å². The van der Waals surface area contributed by atoms with Crippen molar-refractivity contribution in [2.75, 3.05) is 25.0 Å². The maximum atomic E-state index is 12.0. The zero-order valence-corrected chi connectivity index (χ0v) is 12.3. The highest BCUT2D eigenvalue weighted by atomic mass is 16.4. The maximum Gasteiger partial charge on any atom is 0.303 e. The van der Waals surface area contributed by atoms with Crippen molar-refractivity contribution in [3.05, 3.63) is 29.8 Å². The second-order valence-electron chi connectivity index (χ2n) is 5.76. The smallest absolute Gasteiger partial charge is 0.303 e. The SMILES string of the molecule is Cc1ccc(NC(=O)CN2CCCC(CC(=O)O)C2)cc1. The lowest BCUT2D eigenvalue weighted by molar-refractivity contribution is -0.138. The molecule has 1 aliphatic heterocycles. The van der Waals surface area contributed by atoms with Crippen molar-refractivity contribution in [2.24, 2.45) is 5.92 Å². The molecule has 0 spiro atoms. The Morgan fingerprint density at radius 3 is 2.71 bits per heavy atom. The van der Waals surface area contributed by atoms with Crippen molar-refractivity contribution in [1.29, 1.82) is 0 Å². The average Bonchev–Trinajstić information content (AvgIpc) is 2.41. The molecule has 1 aromatic rings. The first-order chi connectivity index (χ1) is 10.0. The monoisotopic (exact) mass is 290 g/mol. The molecule has 1 aliphatic rings. The van der Waals surface area contributed by atoms with Gasteiger partial charge in [0.25, 0.3) is 0 Å². The number of nitrogens with zero attached hydrogens (tertiary/aromatic N) is 1. The topological polar surface area (TPSA) is 69.6 Å². The fraction of sp³-hybridized carbons (Fsp3) is 0.500. The van der Waals surface area contributed by atoms with Gasteiger partial charge in [0.05, 0.1) is 6.54 Å². The van der Waals surface area contributed by atoms with Crippen LogP contribution in [0.25, 0.3) is 0 Å². The van der Waals surface area contributed by atoms with E-state index in [4.69, 9.17) is 5.11 Å². The zero-order valence-electron chi connectivity index (χ0n) is 12.3. The molecular weight excluding hydrogens is 268 g/mol. The van der Waals surface area contributed by atoms with Gasteiger partial charge in [-0.05, 0) is 44.4 Å². The van der Waals surface area contributed by atoms with E-state index in [-0.39, 0.29) is 18.2 Å². The largest absolute Gasteiger partial charge is 0.481 e. The molecule has 2 rings (SSSR count). The van der Waals surface area contributed by atoms with Crippen molar-refractivity contribution >= 4 is 17.6 Å². The molecule has 5 nitrogen and oxygen atoms in total. The Kier molecular flexibility index (Phi) is 5.33. The number of carbonyl (C=O) groups is 2. The van der Waals surface area contributed by atoms with E-state index in [1.165, 1.54) is 0 Å². The van der Waals surface area contributed by atoms with E-state index in [0.717, 1.165) is 30.6 Å². The first-order valence-electron chi connectivity index (χ1n) is 7.33. The Morgan fingerprint density at radius 1 is 1.33 bits per heavy atom. The van der Waals surface area contributed by atoms with Crippen molar-refractivity contribution in [3.63, 3.8) is 0 Å². The number of hydrogen-bond donors (Lipinski definition) is 2. The van der Waals surface area contributed by atoms with Crippen LogP contribution in [0.1, 0.15) is 24.8 Å². The second kappa shape index (κ2) is 7.22. The summed E-state index contributed by atoms with van der Waals surface area (Å²) in [5, 5.41) is 11.7. The summed E-state index contributed by atoms with van der Waals surface area (Å²) < 4.78 is 0. The number of carbonyl (C=O) groups excluding carboxylic acids is 1. The third kappa shape index (κ3) is 5.19. The number of aryl methyl sites for hydroxylation is 1. The highest BCUT2D eigenvalue weighted by molar-refractivity contribution is 5.92. The first kappa shape index (κ1) is 15.5. The van der Waals surface area contributed by atoms with Gasteiger partial charge in [0.2, 0.25) is 5.91 Å². The molecule has 114 valence electrons. The van der Waals surface area contributed by atoms with Crippen LogP contribution in [-0.2, 0) is 9.59 Å². The summed E-state index contributed by atoms with van der Waals surface area (Å²) in [6.07, 6.45) is 2.08. The quantitative estimate of drug-likeness (QED) is 0.871. The highest BCUT2D eigenvalue weighted by Crippen LogP contribution is 2.19. The Bertz CT molecular complexity index is 499. The lowest BCUT2D eigenvalue weighted by Crippen LogP contribution is -2.41. The molecule has 5 heteroatoms. The van der Waals surface area contributed by atoms with Crippen LogP contribution in [0.15, 0.2) is 24.3 Å². The molecule has 1 amide bonds. The van der Waals surface area contributed by atoms with Gasteiger partial charge in [-0.15, -0.1) is 0 Å². The summed E-state index contributed by atoms with van der Waals surface area (Å²) in [5.41, 5.74) is 1.95. The van der Waals surface area contributed by atoms with Crippen LogP contribution in [0.3, 0.4) is 0 Å². The maximum absolute atomic E-state index is 12.0. The molecule has 1 aromatic carbocycles. The van der Waals surface area contributed by atoms with Crippen LogP contribution in [0.4, 0.5) is 5.69 Å². The first-order valence-corrected chi connectivity index (χ1v) is 7.33. The second-order valence-corrected chi connectivity index (χ2v) is 5.76. The lowest BCUT2D eigenvalue weighted by atomic mass is 9.95. The fourth-order valence-electron chi connectivity index (χ4n) is 2.75. The van der Waals surface area contributed by atoms with Crippen molar-refractivity contribution in [2.45, 2.75) is 26.2 Å². The van der Waals surface area contributed by atoms with Gasteiger partial charge in [-0.25, -0.2) is 0 Å². The Morgan fingerprint density at radius 2 is 2.05 bits per heavy atom. The van der Waals surface area contributed by atoms with E-state index in [9.17, 15) is 9.59 Å². The minimum atomic E-state index is -0.758. The number of benzene rings is 1. The Balaban J connectivity index is 1.81. The van der Waals surface area contributed by atoms with Gasteiger partial charge in [-0.3, -0.25) is 14.5 Å². The van der Waals surface area contributed by atoms with Gasteiger partial charge in [0.15, 0.2) is 0 Å². The zero-order chi connectivity index (χ0) is 15.2. The molecular formula is C16H22N2O3. The highest BCUT2D eigenvalue weighted by Gasteiger charge is 2.23. The molecule has 0 aliphatic carbocycles. The molecule has 1 heterocycles. The normalized spacial score (nSPS) is 19.2. The number of piperidine rings is 1. The van der Waals surface area contributed by atoms with Crippen LogP contribution in [0.5, 0.6) is 0 Å². The number of nitrogens with one attached hydrogen (secondary N) is 1. The molecule has 1 unspecified atom stereocenters. The minimum Gasteiger partial charge on any atom is -0.481 e. The van der Waals surface area contributed by atoms with Gasteiger partial charge in [-0.1, -0.05) is 17.7 Å². The number of anilines is 1. The number of amides is 1. The van der Waals surface area contributed by atoms with E-state index < -0.39 is 5.97 Å². The molecule has 1 fully saturated rings. The molecule has 2 N–H and O–H groups in total. The van der Waals surface area contributed by atoms with Crippen molar-refractivity contribution in [3.8, 4) is 0 Å². The predicted octanol–water partition coefficient (Wildman–Crippen LogP) is 2.12. The van der Waals surface area contributed by atoms with E-state index in [1.54, 1.807) is 0 Å². The molecule has 21 heavy (non-hydrogen) atoms. The molecule has 1 atom stereocenters. The van der Waals surface area contributed by atoms with Gasteiger partial charge in [-0.2, -0.15) is 0 Å². The third-order valence-electron chi connectivity index (χ3n) is 3.77.